The first-order valence-electron chi connectivity index (χ1n) is 6.54. The molecule has 0 N–H and O–H groups in total. The standard InChI is InChI=1S/C16H19FO2S/c1-8-7-11-9(2)10(3)15(18)19-13(11)12(17)14(8)20-16(4,5)6/h7H,1-6H3. The van der Waals surface area contributed by atoms with Crippen molar-refractivity contribution < 1.29 is 8.81 Å². The molecule has 2 nitrogen and oxygen atoms in total. The molecule has 0 aliphatic rings. The van der Waals surface area contributed by atoms with Gasteiger partial charge in [-0.2, -0.15) is 0 Å². The molecule has 0 amide bonds. The van der Waals surface area contributed by atoms with E-state index in [0.29, 0.717) is 15.8 Å². The van der Waals surface area contributed by atoms with Gasteiger partial charge in [0.25, 0.3) is 0 Å². The number of benzene rings is 1. The highest BCUT2D eigenvalue weighted by Crippen LogP contribution is 2.39. The fourth-order valence-electron chi connectivity index (χ4n) is 2.08. The normalized spacial score (nSPS) is 12.2. The van der Waals surface area contributed by atoms with Gasteiger partial charge in [0, 0.05) is 15.7 Å². The third-order valence-corrected chi connectivity index (χ3v) is 4.56. The molecule has 0 saturated heterocycles. The van der Waals surface area contributed by atoms with Crippen molar-refractivity contribution in [3.05, 3.63) is 39.0 Å². The minimum absolute atomic E-state index is 0.0652. The number of hydrogen-bond donors (Lipinski definition) is 0. The molecule has 20 heavy (non-hydrogen) atoms. The van der Waals surface area contributed by atoms with Gasteiger partial charge in [0.15, 0.2) is 11.4 Å². The van der Waals surface area contributed by atoms with E-state index in [-0.39, 0.29) is 10.3 Å². The molecule has 4 heteroatoms. The van der Waals surface area contributed by atoms with E-state index in [4.69, 9.17) is 4.42 Å². The van der Waals surface area contributed by atoms with Crippen LogP contribution in [0.25, 0.3) is 11.0 Å². The summed E-state index contributed by atoms with van der Waals surface area (Å²) in [6, 6.07) is 1.90. The van der Waals surface area contributed by atoms with Crippen LogP contribution in [0.4, 0.5) is 4.39 Å². The Morgan fingerprint density at radius 1 is 1.15 bits per heavy atom. The van der Waals surface area contributed by atoms with Crippen molar-refractivity contribution in [1.29, 1.82) is 0 Å². The van der Waals surface area contributed by atoms with E-state index >= 15 is 0 Å². The van der Waals surface area contributed by atoms with E-state index in [9.17, 15) is 9.18 Å². The third kappa shape index (κ3) is 2.62. The lowest BCUT2D eigenvalue weighted by molar-refractivity contribution is 0.509. The van der Waals surface area contributed by atoms with Gasteiger partial charge < -0.3 is 4.42 Å². The van der Waals surface area contributed by atoms with Crippen LogP contribution in [0, 0.1) is 26.6 Å². The number of aryl methyl sites for hydroxylation is 2. The number of fused-ring (bicyclic) bond motifs is 1. The number of halogens is 1. The third-order valence-electron chi connectivity index (χ3n) is 3.24. The molecular weight excluding hydrogens is 275 g/mol. The molecule has 1 aromatic heterocycles. The van der Waals surface area contributed by atoms with E-state index in [1.807, 2.05) is 40.7 Å². The minimum atomic E-state index is -0.468. The van der Waals surface area contributed by atoms with Crippen LogP contribution in [-0.4, -0.2) is 4.75 Å². The summed E-state index contributed by atoms with van der Waals surface area (Å²) in [4.78, 5) is 12.3. The maximum absolute atomic E-state index is 14.7. The molecule has 0 saturated carbocycles. The first-order chi connectivity index (χ1) is 9.11. The largest absolute Gasteiger partial charge is 0.419 e. The maximum Gasteiger partial charge on any atom is 0.339 e. The van der Waals surface area contributed by atoms with Gasteiger partial charge in [-0.3, -0.25) is 0 Å². The van der Waals surface area contributed by atoms with Crippen LogP contribution in [0.3, 0.4) is 0 Å². The van der Waals surface area contributed by atoms with Crippen molar-refractivity contribution >= 4 is 22.7 Å². The number of thioether (sulfide) groups is 1. The maximum atomic E-state index is 14.7. The molecule has 0 aliphatic heterocycles. The lowest BCUT2D eigenvalue weighted by Crippen LogP contribution is -2.10. The highest BCUT2D eigenvalue weighted by Gasteiger charge is 2.21. The molecule has 108 valence electrons. The van der Waals surface area contributed by atoms with E-state index in [1.165, 1.54) is 11.8 Å². The Morgan fingerprint density at radius 2 is 1.75 bits per heavy atom. The second kappa shape index (κ2) is 4.92. The zero-order valence-electron chi connectivity index (χ0n) is 12.7. The summed E-state index contributed by atoms with van der Waals surface area (Å²) in [5.41, 5.74) is 1.78. The average Bonchev–Trinajstić information content (AvgIpc) is 2.33. The highest BCUT2D eigenvalue weighted by molar-refractivity contribution is 8.00. The van der Waals surface area contributed by atoms with Gasteiger partial charge >= 0.3 is 5.63 Å². The van der Waals surface area contributed by atoms with Crippen LogP contribution >= 0.6 is 11.8 Å². The molecule has 0 fully saturated rings. The second-order valence-corrected chi connectivity index (χ2v) is 7.90. The van der Waals surface area contributed by atoms with Crippen LogP contribution in [0.2, 0.25) is 0 Å². The van der Waals surface area contributed by atoms with Crippen molar-refractivity contribution in [2.24, 2.45) is 0 Å². The van der Waals surface area contributed by atoms with Crippen molar-refractivity contribution in [2.75, 3.05) is 0 Å². The highest BCUT2D eigenvalue weighted by atomic mass is 32.2. The molecule has 0 aliphatic carbocycles. The Bertz CT molecular complexity index is 739. The summed E-state index contributed by atoms with van der Waals surface area (Å²) in [5.74, 6) is -0.430. The predicted molar refractivity (Wildman–Crippen MR) is 82.3 cm³/mol. The Kier molecular flexibility index (Phi) is 3.71. The SMILES string of the molecule is Cc1cc2c(C)c(C)c(=O)oc2c(F)c1SC(C)(C)C. The van der Waals surface area contributed by atoms with Gasteiger partial charge in [0.2, 0.25) is 0 Å². The summed E-state index contributed by atoms with van der Waals surface area (Å²) in [6.07, 6.45) is 0. The van der Waals surface area contributed by atoms with Gasteiger partial charge in [-0.1, -0.05) is 20.8 Å². The van der Waals surface area contributed by atoms with Crippen LogP contribution in [0.1, 0.15) is 37.5 Å². The van der Waals surface area contributed by atoms with Gasteiger partial charge in [0.1, 0.15) is 0 Å². The van der Waals surface area contributed by atoms with Crippen LogP contribution in [0.5, 0.6) is 0 Å². The predicted octanol–water partition coefficient (Wildman–Crippen LogP) is 4.75. The summed E-state index contributed by atoms with van der Waals surface area (Å²) in [7, 11) is 0. The van der Waals surface area contributed by atoms with Crippen molar-refractivity contribution in [3.63, 3.8) is 0 Å². The van der Waals surface area contributed by atoms with E-state index < -0.39 is 11.4 Å². The average molecular weight is 294 g/mol. The molecule has 2 aromatic rings. The van der Waals surface area contributed by atoms with Crippen LogP contribution < -0.4 is 5.63 Å². The Balaban J connectivity index is 2.83. The van der Waals surface area contributed by atoms with Gasteiger partial charge in [-0.25, -0.2) is 9.18 Å². The summed E-state index contributed by atoms with van der Waals surface area (Å²) in [5, 5.41) is 0.676. The molecule has 1 heterocycles. The molecule has 0 unspecified atom stereocenters. The zero-order chi connectivity index (χ0) is 15.2. The fraction of sp³-hybridized carbons (Fsp3) is 0.438. The van der Waals surface area contributed by atoms with E-state index in [1.54, 1.807) is 6.92 Å². The van der Waals surface area contributed by atoms with Gasteiger partial charge in [0.05, 0.1) is 4.90 Å². The summed E-state index contributed by atoms with van der Waals surface area (Å²) < 4.78 is 19.8. The minimum Gasteiger partial charge on any atom is -0.419 e. The van der Waals surface area contributed by atoms with Crippen LogP contribution in [0.15, 0.2) is 20.2 Å². The van der Waals surface area contributed by atoms with Crippen molar-refractivity contribution in [2.45, 2.75) is 51.2 Å². The van der Waals surface area contributed by atoms with Gasteiger partial charge in [-0.05, 0) is 38.0 Å². The lowest BCUT2D eigenvalue weighted by Gasteiger charge is -2.20. The topological polar surface area (TPSA) is 30.2 Å². The van der Waals surface area contributed by atoms with E-state index in [0.717, 1.165) is 11.1 Å². The number of rotatable bonds is 1. The quantitative estimate of drug-likeness (QED) is 0.561. The van der Waals surface area contributed by atoms with Crippen molar-refractivity contribution in [3.8, 4) is 0 Å². The second-order valence-electron chi connectivity index (χ2n) is 6.07. The molecular formula is C16H19FO2S. The zero-order valence-corrected chi connectivity index (χ0v) is 13.5. The monoisotopic (exact) mass is 294 g/mol. The Hall–Kier alpha value is -1.29. The molecule has 0 atom stereocenters. The molecule has 0 bridgehead atoms. The molecule has 2 rings (SSSR count). The fourth-order valence-corrected chi connectivity index (χ4v) is 3.09. The summed E-state index contributed by atoms with van der Waals surface area (Å²) in [6.45, 7) is 11.5. The molecule has 0 spiro atoms. The summed E-state index contributed by atoms with van der Waals surface area (Å²) >= 11 is 1.45. The molecule has 0 radical (unpaired) electrons. The lowest BCUT2D eigenvalue weighted by atomic mass is 10.0. The first-order valence-corrected chi connectivity index (χ1v) is 7.35. The Labute approximate surface area is 122 Å². The number of hydrogen-bond acceptors (Lipinski definition) is 3. The first kappa shape index (κ1) is 15.1. The smallest absolute Gasteiger partial charge is 0.339 e. The van der Waals surface area contributed by atoms with E-state index in [2.05, 4.69) is 0 Å². The van der Waals surface area contributed by atoms with Crippen molar-refractivity contribution in [1.82, 2.24) is 0 Å². The van der Waals surface area contributed by atoms with Gasteiger partial charge in [-0.15, -0.1) is 11.8 Å². The Morgan fingerprint density at radius 3 is 2.30 bits per heavy atom. The molecule has 1 aromatic carbocycles. The van der Waals surface area contributed by atoms with Crippen LogP contribution in [-0.2, 0) is 0 Å².